The summed E-state index contributed by atoms with van der Waals surface area (Å²) in [5.41, 5.74) is 3.01. The van der Waals surface area contributed by atoms with Crippen molar-refractivity contribution in [2.75, 3.05) is 25.5 Å². The van der Waals surface area contributed by atoms with Gasteiger partial charge in [0.15, 0.2) is 5.96 Å². The summed E-state index contributed by atoms with van der Waals surface area (Å²) in [6.07, 6.45) is 0.415. The summed E-state index contributed by atoms with van der Waals surface area (Å²) in [6, 6.07) is 17.6. The Morgan fingerprint density at radius 3 is 2.55 bits per heavy atom. The highest BCUT2D eigenvalue weighted by Crippen LogP contribution is 2.31. The van der Waals surface area contributed by atoms with Gasteiger partial charge in [0.2, 0.25) is 11.8 Å². The Morgan fingerprint density at radius 2 is 1.79 bits per heavy atom. The number of para-hydroxylation sites is 1. The maximum atomic E-state index is 12.0. The van der Waals surface area contributed by atoms with E-state index in [0.717, 1.165) is 16.8 Å². The Bertz CT molecular complexity index is 857. The molecule has 0 spiro atoms. The first-order valence-electron chi connectivity index (χ1n) is 9.29. The second kappa shape index (κ2) is 11.4. The van der Waals surface area contributed by atoms with E-state index in [9.17, 15) is 9.59 Å². The number of anilines is 1. The van der Waals surface area contributed by atoms with Gasteiger partial charge in [0.05, 0.1) is 6.54 Å². The first-order valence-corrected chi connectivity index (χ1v) is 9.29. The molecule has 7 nitrogen and oxygen atoms in total. The van der Waals surface area contributed by atoms with Crippen molar-refractivity contribution in [3.05, 3.63) is 65.7 Å². The van der Waals surface area contributed by atoms with Crippen molar-refractivity contribution in [2.45, 2.75) is 18.9 Å². The molecule has 1 atom stereocenters. The van der Waals surface area contributed by atoms with Crippen LogP contribution in [0.5, 0.6) is 0 Å². The summed E-state index contributed by atoms with van der Waals surface area (Å²) >= 11 is 0. The van der Waals surface area contributed by atoms with E-state index in [1.165, 1.54) is 0 Å². The van der Waals surface area contributed by atoms with Gasteiger partial charge in [0.1, 0.15) is 0 Å². The number of hydrogen-bond acceptors (Lipinski definition) is 3. The number of guanidine groups is 1. The molecule has 0 bridgehead atoms. The number of nitrogens with one attached hydrogen (secondary N) is 4. The monoisotopic (exact) mass is 507 g/mol. The number of carbonyl (C=O) groups excluding carboxylic acids is 2. The third kappa shape index (κ3) is 6.74. The van der Waals surface area contributed by atoms with Crippen molar-refractivity contribution >= 4 is 47.4 Å². The lowest BCUT2D eigenvalue weighted by molar-refractivity contribution is -0.120. The van der Waals surface area contributed by atoms with Gasteiger partial charge in [-0.25, -0.2) is 0 Å². The second-order valence-corrected chi connectivity index (χ2v) is 6.61. The molecule has 0 aliphatic carbocycles. The zero-order chi connectivity index (χ0) is 19.8. The van der Waals surface area contributed by atoms with Crippen LogP contribution in [0.1, 0.15) is 23.5 Å². The number of nitrogens with zero attached hydrogens (tertiary/aromatic N) is 1. The summed E-state index contributed by atoms with van der Waals surface area (Å²) in [5.74, 6) is 0.469. The van der Waals surface area contributed by atoms with Crippen LogP contribution in [0.3, 0.4) is 0 Å². The zero-order valence-electron chi connectivity index (χ0n) is 16.3. The average Bonchev–Trinajstić information content (AvgIpc) is 2.72. The van der Waals surface area contributed by atoms with E-state index in [1.807, 2.05) is 54.6 Å². The van der Waals surface area contributed by atoms with E-state index in [2.05, 4.69) is 26.3 Å². The first-order chi connectivity index (χ1) is 13.7. The average molecular weight is 507 g/mol. The van der Waals surface area contributed by atoms with Crippen molar-refractivity contribution < 1.29 is 9.59 Å². The number of rotatable bonds is 6. The Balaban J connectivity index is 0.00000300. The smallest absolute Gasteiger partial charge is 0.239 e. The fourth-order valence-electron chi connectivity index (χ4n) is 3.15. The molecule has 0 radical (unpaired) electrons. The summed E-state index contributed by atoms with van der Waals surface area (Å²) in [5, 5.41) is 12.0. The van der Waals surface area contributed by atoms with Crippen LogP contribution in [-0.4, -0.2) is 37.9 Å². The lowest BCUT2D eigenvalue weighted by Crippen LogP contribution is -2.44. The second-order valence-electron chi connectivity index (χ2n) is 6.61. The third-order valence-electron chi connectivity index (χ3n) is 4.59. The number of amides is 2. The van der Waals surface area contributed by atoms with Crippen molar-refractivity contribution in [3.8, 4) is 0 Å². The molecule has 0 saturated heterocycles. The fraction of sp³-hybridized carbons (Fsp3) is 0.286. The Morgan fingerprint density at radius 1 is 1.07 bits per heavy atom. The molecular formula is C21H26IN5O2. The minimum atomic E-state index is -0.116. The van der Waals surface area contributed by atoms with Crippen molar-refractivity contribution in [1.82, 2.24) is 16.0 Å². The molecule has 154 valence electrons. The standard InChI is InChI=1S/C21H25N5O2.HI/c1-22-21(25-14-20(28)23-12-15-7-3-2-4-8-15)24-13-16-11-19(27)26-18-10-6-5-9-17(16)18;/h2-10,16H,11-14H2,1H3,(H,23,28)(H,26,27)(H2,22,24,25);1H. The molecule has 4 N–H and O–H groups in total. The van der Waals surface area contributed by atoms with Crippen LogP contribution in [0.4, 0.5) is 5.69 Å². The van der Waals surface area contributed by atoms with Gasteiger partial charge < -0.3 is 21.3 Å². The van der Waals surface area contributed by atoms with Gasteiger partial charge in [0.25, 0.3) is 0 Å². The minimum Gasteiger partial charge on any atom is -0.356 e. The fourth-order valence-corrected chi connectivity index (χ4v) is 3.15. The normalized spacial score (nSPS) is 15.4. The highest BCUT2D eigenvalue weighted by atomic mass is 127. The van der Waals surface area contributed by atoms with Crippen LogP contribution < -0.4 is 21.3 Å². The van der Waals surface area contributed by atoms with Crippen LogP contribution in [0.15, 0.2) is 59.6 Å². The van der Waals surface area contributed by atoms with Crippen LogP contribution in [0.2, 0.25) is 0 Å². The van der Waals surface area contributed by atoms with Gasteiger partial charge in [-0.3, -0.25) is 14.6 Å². The maximum Gasteiger partial charge on any atom is 0.239 e. The van der Waals surface area contributed by atoms with Crippen molar-refractivity contribution in [1.29, 1.82) is 0 Å². The number of fused-ring (bicyclic) bond motifs is 1. The number of aliphatic imine (C=N–C) groups is 1. The number of hydrogen-bond donors (Lipinski definition) is 4. The Labute approximate surface area is 187 Å². The molecule has 29 heavy (non-hydrogen) atoms. The molecule has 2 aromatic rings. The van der Waals surface area contributed by atoms with Gasteiger partial charge in [-0.15, -0.1) is 24.0 Å². The summed E-state index contributed by atoms with van der Waals surface area (Å²) in [7, 11) is 1.65. The quantitative estimate of drug-likeness (QED) is 0.274. The van der Waals surface area contributed by atoms with Crippen LogP contribution >= 0.6 is 24.0 Å². The summed E-state index contributed by atoms with van der Waals surface area (Å²) in [6.45, 7) is 1.16. The minimum absolute atomic E-state index is 0. The van der Waals surface area contributed by atoms with Gasteiger partial charge in [-0.2, -0.15) is 0 Å². The summed E-state index contributed by atoms with van der Waals surface area (Å²) in [4.78, 5) is 28.1. The van der Waals surface area contributed by atoms with E-state index in [4.69, 9.17) is 0 Å². The molecule has 8 heteroatoms. The Hall–Kier alpha value is -2.62. The number of benzene rings is 2. The van der Waals surface area contributed by atoms with Gasteiger partial charge in [-0.05, 0) is 17.2 Å². The molecule has 0 saturated carbocycles. The van der Waals surface area contributed by atoms with Crippen LogP contribution in [0.25, 0.3) is 0 Å². The van der Waals surface area contributed by atoms with Gasteiger partial charge in [-0.1, -0.05) is 48.5 Å². The Kier molecular flexibility index (Phi) is 8.91. The predicted molar refractivity (Wildman–Crippen MR) is 125 cm³/mol. The van der Waals surface area contributed by atoms with E-state index in [1.54, 1.807) is 7.05 Å². The number of halogens is 1. The molecule has 1 unspecified atom stereocenters. The van der Waals surface area contributed by atoms with E-state index in [-0.39, 0.29) is 48.3 Å². The molecule has 0 aromatic heterocycles. The summed E-state index contributed by atoms with van der Waals surface area (Å²) < 4.78 is 0. The molecule has 1 aliphatic heterocycles. The largest absolute Gasteiger partial charge is 0.356 e. The third-order valence-corrected chi connectivity index (χ3v) is 4.59. The van der Waals surface area contributed by atoms with Crippen LogP contribution in [0, 0.1) is 0 Å². The zero-order valence-corrected chi connectivity index (χ0v) is 18.6. The highest BCUT2D eigenvalue weighted by Gasteiger charge is 2.24. The molecule has 1 heterocycles. The van der Waals surface area contributed by atoms with E-state index in [0.29, 0.717) is 25.5 Å². The molecule has 2 amide bonds. The van der Waals surface area contributed by atoms with E-state index < -0.39 is 0 Å². The predicted octanol–water partition coefficient (Wildman–Crippen LogP) is 2.21. The van der Waals surface area contributed by atoms with Gasteiger partial charge in [0, 0.05) is 38.2 Å². The SMILES string of the molecule is CN=C(NCC(=O)NCc1ccccc1)NCC1CC(=O)Nc2ccccc21.I. The van der Waals surface area contributed by atoms with E-state index >= 15 is 0 Å². The van der Waals surface area contributed by atoms with Crippen molar-refractivity contribution in [2.24, 2.45) is 4.99 Å². The molecule has 1 aliphatic rings. The topological polar surface area (TPSA) is 94.6 Å². The van der Waals surface area contributed by atoms with Gasteiger partial charge >= 0.3 is 0 Å². The number of carbonyl (C=O) groups is 2. The lowest BCUT2D eigenvalue weighted by Gasteiger charge is -2.26. The maximum absolute atomic E-state index is 12.0. The molecule has 3 rings (SSSR count). The lowest BCUT2D eigenvalue weighted by atomic mass is 9.90. The van der Waals surface area contributed by atoms with Crippen molar-refractivity contribution in [3.63, 3.8) is 0 Å². The highest BCUT2D eigenvalue weighted by molar-refractivity contribution is 14.0. The molecule has 0 fully saturated rings. The molecular weight excluding hydrogens is 481 g/mol. The molecule has 2 aromatic carbocycles. The first kappa shape index (κ1) is 22.7. The van der Waals surface area contributed by atoms with Crippen LogP contribution in [-0.2, 0) is 16.1 Å².